The molecule has 5 heteroatoms. The van der Waals surface area contributed by atoms with Gasteiger partial charge in [-0.2, -0.15) is 5.26 Å². The van der Waals surface area contributed by atoms with Crippen LogP contribution in [0.5, 0.6) is 0 Å². The lowest BCUT2D eigenvalue weighted by molar-refractivity contribution is -0.174. The summed E-state index contributed by atoms with van der Waals surface area (Å²) in [6.45, 7) is 16.1. The molecule has 0 bridgehead atoms. The smallest absolute Gasteiger partial charge is 0.226 e. The third-order valence-electron chi connectivity index (χ3n) is 13.3. The van der Waals surface area contributed by atoms with Gasteiger partial charge in [-0.25, -0.2) is 0 Å². The fourth-order valence-electron chi connectivity index (χ4n) is 11.0. The van der Waals surface area contributed by atoms with Gasteiger partial charge in [-0.3, -0.25) is 9.59 Å². The van der Waals surface area contributed by atoms with Crippen LogP contribution in [0.15, 0.2) is 23.3 Å². The summed E-state index contributed by atoms with van der Waals surface area (Å²) in [6, 6.07) is 2.26. The number of nitrogens with zero attached hydrogens (tertiary/aromatic N) is 1. The zero-order chi connectivity index (χ0) is 27.7. The molecule has 1 aliphatic heterocycles. The van der Waals surface area contributed by atoms with Crippen LogP contribution in [0.3, 0.4) is 0 Å². The van der Waals surface area contributed by atoms with E-state index in [0.717, 1.165) is 44.9 Å². The molecule has 6 rings (SSSR count). The van der Waals surface area contributed by atoms with Crippen LogP contribution in [0.1, 0.15) is 93.4 Å². The van der Waals surface area contributed by atoms with Crippen molar-refractivity contribution in [2.75, 3.05) is 7.05 Å². The Kier molecular flexibility index (Phi) is 5.28. The highest BCUT2D eigenvalue weighted by Gasteiger charge is 2.73. The Morgan fingerprint density at radius 2 is 1.74 bits per heavy atom. The van der Waals surface area contributed by atoms with Crippen molar-refractivity contribution in [2.24, 2.45) is 50.2 Å². The van der Waals surface area contributed by atoms with Gasteiger partial charge in [0.05, 0.1) is 17.1 Å². The number of ether oxygens (including phenoxy) is 1. The Hall–Kier alpha value is -1.93. The number of carbonyl (C=O) groups excluding carboxylic acids is 2. The van der Waals surface area contributed by atoms with E-state index in [1.54, 1.807) is 7.05 Å². The molecule has 3 saturated carbocycles. The topological polar surface area (TPSA) is 82.5 Å². The Morgan fingerprint density at radius 1 is 1.05 bits per heavy atom. The van der Waals surface area contributed by atoms with E-state index in [1.165, 1.54) is 5.57 Å². The van der Waals surface area contributed by atoms with E-state index in [-0.39, 0.29) is 62.8 Å². The first kappa shape index (κ1) is 26.3. The number of Topliss-reactive ketones (excluding diaryl/α,β-unsaturated/α-hetero) is 1. The monoisotopic (exact) mass is 518 g/mol. The van der Waals surface area contributed by atoms with Crippen molar-refractivity contribution >= 4 is 11.7 Å². The number of amides is 1. The molecule has 0 spiro atoms. The van der Waals surface area contributed by atoms with Gasteiger partial charge in [0.2, 0.25) is 5.91 Å². The molecule has 38 heavy (non-hydrogen) atoms. The molecule has 1 saturated heterocycles. The zero-order valence-electron chi connectivity index (χ0n) is 24.7. The van der Waals surface area contributed by atoms with Crippen LogP contribution in [-0.2, 0) is 14.3 Å². The molecular weight excluding hydrogens is 472 g/mol. The minimum absolute atomic E-state index is 0.0117. The van der Waals surface area contributed by atoms with Gasteiger partial charge in [-0.1, -0.05) is 66.2 Å². The number of rotatable bonds is 1. The molecule has 1 heterocycles. The molecule has 0 aromatic carbocycles. The predicted molar refractivity (Wildman–Crippen MR) is 147 cm³/mol. The summed E-state index contributed by atoms with van der Waals surface area (Å²) >= 11 is 0. The number of ketones is 1. The highest BCUT2D eigenvalue weighted by atomic mass is 16.6. The zero-order valence-corrected chi connectivity index (χ0v) is 24.7. The average molecular weight is 519 g/mol. The number of nitriles is 1. The van der Waals surface area contributed by atoms with Crippen LogP contribution < -0.4 is 5.32 Å². The van der Waals surface area contributed by atoms with Crippen LogP contribution in [0.25, 0.3) is 0 Å². The number of epoxide rings is 1. The molecule has 5 unspecified atom stereocenters. The fraction of sp³-hybridized carbons (Fsp3) is 0.788. The lowest BCUT2D eigenvalue weighted by atomic mass is 9.36. The fourth-order valence-corrected chi connectivity index (χ4v) is 11.0. The van der Waals surface area contributed by atoms with E-state index in [4.69, 9.17) is 4.74 Å². The van der Waals surface area contributed by atoms with Crippen LogP contribution in [0, 0.1) is 61.6 Å². The maximum atomic E-state index is 13.7. The second kappa shape index (κ2) is 7.62. The summed E-state index contributed by atoms with van der Waals surface area (Å²) in [6.07, 6.45) is 11.6. The third kappa shape index (κ3) is 3.02. The molecule has 5 nitrogen and oxygen atoms in total. The molecule has 5 aliphatic carbocycles. The van der Waals surface area contributed by atoms with Gasteiger partial charge >= 0.3 is 0 Å². The highest BCUT2D eigenvalue weighted by Crippen LogP contribution is 2.75. The average Bonchev–Trinajstić information content (AvgIpc) is 3.61. The summed E-state index contributed by atoms with van der Waals surface area (Å²) in [5, 5.41) is 13.0. The molecule has 1 N–H and O–H groups in total. The second-order valence-electron chi connectivity index (χ2n) is 15.7. The first-order valence-corrected chi connectivity index (χ1v) is 14.9. The molecular formula is C33H46N2O3. The second-order valence-corrected chi connectivity index (χ2v) is 15.7. The molecule has 206 valence electrons. The van der Waals surface area contributed by atoms with Crippen LogP contribution >= 0.6 is 0 Å². The van der Waals surface area contributed by atoms with Crippen LogP contribution in [0.4, 0.5) is 0 Å². The summed E-state index contributed by atoms with van der Waals surface area (Å²) in [5.41, 5.74) is 0.501. The van der Waals surface area contributed by atoms with Crippen molar-refractivity contribution < 1.29 is 14.3 Å². The molecule has 0 aromatic rings. The van der Waals surface area contributed by atoms with E-state index in [9.17, 15) is 14.9 Å². The van der Waals surface area contributed by atoms with Gasteiger partial charge in [-0.15, -0.1) is 0 Å². The van der Waals surface area contributed by atoms with Crippen LogP contribution in [-0.4, -0.2) is 30.9 Å². The standard InChI is InChI=1S/C33H46N2O3/c1-28(2)11-13-33(27(37)35-8)14-12-32(7)24(20(33)17-28)25-21(38-25)15-23-30(5)16-19(18-34)26(36)29(3,4)22(30)9-10-31(23,32)6/h15-16,20-22,24-25H,9-14,17H2,1-8H3,(H,35,37)/t20?,21?,22?,24?,25?,30-,31+,32+,33-/m0/s1. The van der Waals surface area contributed by atoms with Crippen molar-refractivity contribution in [3.05, 3.63) is 23.3 Å². The number of hydrogen-bond acceptors (Lipinski definition) is 4. The Labute approximate surface area is 228 Å². The number of nitrogens with one attached hydrogen (secondary N) is 1. The van der Waals surface area contributed by atoms with E-state index >= 15 is 0 Å². The lowest BCUT2D eigenvalue weighted by Gasteiger charge is -2.67. The minimum Gasteiger partial charge on any atom is -0.365 e. The van der Waals surface area contributed by atoms with E-state index in [1.807, 2.05) is 19.9 Å². The Balaban J connectivity index is 1.52. The normalized spacial score (nSPS) is 49.8. The van der Waals surface area contributed by atoms with Gasteiger partial charge in [0, 0.05) is 17.9 Å². The first-order chi connectivity index (χ1) is 17.6. The number of fused-ring (bicyclic) bond motifs is 9. The van der Waals surface area contributed by atoms with Gasteiger partial charge in [0.1, 0.15) is 12.2 Å². The number of hydrogen-bond donors (Lipinski definition) is 1. The maximum Gasteiger partial charge on any atom is 0.226 e. The molecule has 0 aromatic heterocycles. The van der Waals surface area contributed by atoms with E-state index in [2.05, 4.69) is 52.1 Å². The van der Waals surface area contributed by atoms with Crippen LogP contribution in [0.2, 0.25) is 0 Å². The minimum atomic E-state index is -0.582. The third-order valence-corrected chi connectivity index (χ3v) is 13.3. The predicted octanol–water partition coefficient (Wildman–Crippen LogP) is 6.15. The molecule has 0 radical (unpaired) electrons. The van der Waals surface area contributed by atoms with E-state index < -0.39 is 5.41 Å². The first-order valence-electron chi connectivity index (χ1n) is 14.9. The van der Waals surface area contributed by atoms with Gasteiger partial charge in [-0.05, 0) is 78.9 Å². The maximum absolute atomic E-state index is 13.7. The quantitative estimate of drug-likeness (QED) is 0.333. The summed E-state index contributed by atoms with van der Waals surface area (Å²) in [5.74, 6) is 0.949. The molecule has 9 atom stereocenters. The Bertz CT molecular complexity index is 1220. The SMILES string of the molecule is CNC(=O)[C@]12CCC(C)(C)CC1C1C3OC3C=C3[C@@]4(C)C=C(C#N)C(=O)C(C)(C)C4CC[C@@]3(C)[C@]1(C)CC2. The van der Waals surface area contributed by atoms with Crippen molar-refractivity contribution in [1.82, 2.24) is 5.32 Å². The largest absolute Gasteiger partial charge is 0.365 e. The Morgan fingerprint density at radius 3 is 2.39 bits per heavy atom. The summed E-state index contributed by atoms with van der Waals surface area (Å²) < 4.78 is 6.55. The van der Waals surface area contributed by atoms with E-state index in [0.29, 0.717) is 11.5 Å². The highest BCUT2D eigenvalue weighted by molar-refractivity contribution is 6.04. The molecule has 4 fully saturated rings. The number of allylic oxidation sites excluding steroid dienone is 3. The molecule has 1 amide bonds. The number of carbonyl (C=O) groups is 2. The van der Waals surface area contributed by atoms with Crippen molar-refractivity contribution in [2.45, 2.75) is 106 Å². The lowest BCUT2D eigenvalue weighted by Crippen LogP contribution is -2.64. The molecule has 6 aliphatic rings. The van der Waals surface area contributed by atoms with Gasteiger partial charge in [0.15, 0.2) is 5.78 Å². The summed E-state index contributed by atoms with van der Waals surface area (Å²) in [4.78, 5) is 27.0. The van der Waals surface area contributed by atoms with Crippen molar-refractivity contribution in [3.8, 4) is 6.07 Å². The van der Waals surface area contributed by atoms with Crippen molar-refractivity contribution in [1.29, 1.82) is 5.26 Å². The van der Waals surface area contributed by atoms with Gasteiger partial charge < -0.3 is 10.1 Å². The van der Waals surface area contributed by atoms with Gasteiger partial charge in [0.25, 0.3) is 0 Å². The van der Waals surface area contributed by atoms with Crippen molar-refractivity contribution in [3.63, 3.8) is 0 Å². The summed E-state index contributed by atoms with van der Waals surface area (Å²) in [7, 11) is 1.81.